The molecule has 0 unspecified atom stereocenters. The lowest BCUT2D eigenvalue weighted by atomic mass is 10.0. The molecule has 7 heteroatoms. The highest BCUT2D eigenvalue weighted by Gasteiger charge is 2.14. The smallest absolute Gasteiger partial charge is 0.208 e. The third-order valence-electron chi connectivity index (χ3n) is 2.78. The zero-order valence-electron chi connectivity index (χ0n) is 11.4. The Morgan fingerprint density at radius 1 is 1.27 bits per heavy atom. The van der Waals surface area contributed by atoms with Gasteiger partial charge in [0.25, 0.3) is 0 Å². The second-order valence-corrected chi connectivity index (χ2v) is 5.75. The molecule has 0 fully saturated rings. The van der Waals surface area contributed by atoms with Crippen LogP contribution in [0.3, 0.4) is 0 Å². The van der Waals surface area contributed by atoms with Gasteiger partial charge in [-0.05, 0) is 24.5 Å². The summed E-state index contributed by atoms with van der Waals surface area (Å²) < 4.78 is 13.9. The van der Waals surface area contributed by atoms with E-state index in [1.54, 1.807) is 42.8 Å². The molecular formula is C15H10Cl2FN3S. The lowest BCUT2D eigenvalue weighted by Gasteiger charge is -2.12. The highest BCUT2D eigenvalue weighted by Crippen LogP contribution is 2.38. The predicted molar refractivity (Wildman–Crippen MR) is 92.0 cm³/mol. The number of hydrogen-bond donors (Lipinski definition) is 1. The van der Waals surface area contributed by atoms with Gasteiger partial charge in [0.15, 0.2) is 5.17 Å². The number of nitrogens with zero attached hydrogens (tertiary/aromatic N) is 2. The molecule has 0 aliphatic heterocycles. The number of halogens is 3. The average Bonchev–Trinajstić information content (AvgIpc) is 2.48. The monoisotopic (exact) mass is 353 g/mol. The van der Waals surface area contributed by atoms with Gasteiger partial charge in [-0.25, -0.2) is 4.39 Å². The fraction of sp³-hybridized carbons (Fsp3) is 0.0667. The SMILES string of the molecule is CS/C(=N\C#N)Nc1cc(Cl)c(-c2ccccc2F)c(Cl)c1. The maximum absolute atomic E-state index is 13.9. The first-order chi connectivity index (χ1) is 10.6. The Labute approximate surface area is 141 Å². The Bertz CT molecular complexity index is 749. The molecule has 2 rings (SSSR count). The molecule has 3 nitrogen and oxygen atoms in total. The van der Waals surface area contributed by atoms with E-state index in [0.717, 1.165) is 0 Å². The summed E-state index contributed by atoms with van der Waals surface area (Å²) >= 11 is 13.8. The summed E-state index contributed by atoms with van der Waals surface area (Å²) in [5.41, 5.74) is 1.33. The van der Waals surface area contributed by atoms with Gasteiger partial charge in [-0.15, -0.1) is 4.99 Å². The topological polar surface area (TPSA) is 48.2 Å². The summed E-state index contributed by atoms with van der Waals surface area (Å²) in [5, 5.41) is 12.5. The molecule has 0 spiro atoms. The van der Waals surface area contributed by atoms with Crippen LogP contribution in [-0.4, -0.2) is 11.4 Å². The van der Waals surface area contributed by atoms with E-state index >= 15 is 0 Å². The van der Waals surface area contributed by atoms with Crippen LogP contribution in [0.4, 0.5) is 10.1 Å². The zero-order chi connectivity index (χ0) is 16.1. The minimum atomic E-state index is -0.400. The Hall–Kier alpha value is -1.74. The van der Waals surface area contributed by atoms with Crippen LogP contribution in [0.1, 0.15) is 0 Å². The van der Waals surface area contributed by atoms with Gasteiger partial charge in [-0.3, -0.25) is 0 Å². The van der Waals surface area contributed by atoms with Crippen LogP contribution >= 0.6 is 35.0 Å². The molecule has 2 aromatic rings. The molecule has 0 saturated carbocycles. The molecule has 0 bridgehead atoms. The third kappa shape index (κ3) is 3.72. The second-order valence-electron chi connectivity index (χ2n) is 4.14. The van der Waals surface area contributed by atoms with Crippen molar-refractivity contribution in [3.63, 3.8) is 0 Å². The van der Waals surface area contributed by atoms with E-state index in [1.165, 1.54) is 17.8 Å². The first-order valence-corrected chi connectivity index (χ1v) is 8.06. The Kier molecular flexibility index (Phi) is 5.67. The number of rotatable bonds is 2. The van der Waals surface area contributed by atoms with E-state index in [1.807, 2.05) is 0 Å². The van der Waals surface area contributed by atoms with Crippen molar-refractivity contribution in [2.24, 2.45) is 4.99 Å². The molecule has 1 N–H and O–H groups in total. The van der Waals surface area contributed by atoms with Crippen LogP contribution in [0.5, 0.6) is 0 Å². The summed E-state index contributed by atoms with van der Waals surface area (Å²) in [6, 6.07) is 9.48. The van der Waals surface area contributed by atoms with E-state index in [2.05, 4.69) is 10.3 Å². The van der Waals surface area contributed by atoms with Crippen molar-refractivity contribution in [3.05, 3.63) is 52.3 Å². The predicted octanol–water partition coefficient (Wildman–Crippen LogP) is 5.41. The van der Waals surface area contributed by atoms with Gasteiger partial charge in [-0.2, -0.15) is 5.26 Å². The van der Waals surface area contributed by atoms with Crippen molar-refractivity contribution in [2.75, 3.05) is 11.6 Å². The van der Waals surface area contributed by atoms with E-state index < -0.39 is 5.82 Å². The Morgan fingerprint density at radius 2 is 1.91 bits per heavy atom. The number of benzene rings is 2. The first kappa shape index (κ1) is 16.6. The van der Waals surface area contributed by atoms with Crippen molar-refractivity contribution in [2.45, 2.75) is 0 Å². The summed E-state index contributed by atoms with van der Waals surface area (Å²) in [4.78, 5) is 3.62. The van der Waals surface area contributed by atoms with Gasteiger partial charge < -0.3 is 5.32 Å². The van der Waals surface area contributed by atoms with Crippen LogP contribution in [0.15, 0.2) is 41.4 Å². The summed E-state index contributed by atoms with van der Waals surface area (Å²) in [6.07, 6.45) is 3.48. The van der Waals surface area contributed by atoms with Gasteiger partial charge >= 0.3 is 0 Å². The minimum Gasteiger partial charge on any atom is -0.334 e. The van der Waals surface area contributed by atoms with Gasteiger partial charge in [-0.1, -0.05) is 53.2 Å². The van der Waals surface area contributed by atoms with Gasteiger partial charge in [0.05, 0.1) is 10.0 Å². The Balaban J connectivity index is 2.44. The summed E-state index contributed by atoms with van der Waals surface area (Å²) in [7, 11) is 0. The lowest BCUT2D eigenvalue weighted by molar-refractivity contribution is 0.631. The minimum absolute atomic E-state index is 0.303. The number of aliphatic imine (C=N–C) groups is 1. The number of hydrogen-bond acceptors (Lipinski definition) is 3. The molecule has 0 atom stereocenters. The number of thioether (sulfide) groups is 1. The largest absolute Gasteiger partial charge is 0.334 e. The first-order valence-electron chi connectivity index (χ1n) is 6.08. The number of nitrogens with one attached hydrogen (secondary N) is 1. The van der Waals surface area contributed by atoms with Crippen molar-refractivity contribution in [3.8, 4) is 17.3 Å². The number of anilines is 1. The number of amidine groups is 1. The summed E-state index contributed by atoms with van der Waals surface area (Å²) in [5.74, 6) is -0.400. The van der Waals surface area contributed by atoms with E-state index in [4.69, 9.17) is 28.5 Å². The molecule has 0 heterocycles. The molecule has 0 aliphatic rings. The van der Waals surface area contributed by atoms with E-state index in [0.29, 0.717) is 32.0 Å². The Morgan fingerprint density at radius 3 is 2.45 bits per heavy atom. The molecule has 0 amide bonds. The lowest BCUT2D eigenvalue weighted by Crippen LogP contribution is -2.06. The fourth-order valence-corrected chi connectivity index (χ4v) is 2.90. The average molecular weight is 354 g/mol. The molecular weight excluding hydrogens is 344 g/mol. The maximum atomic E-state index is 13.9. The normalized spacial score (nSPS) is 11.1. The van der Waals surface area contributed by atoms with E-state index in [-0.39, 0.29) is 0 Å². The molecule has 0 aromatic heterocycles. The van der Waals surface area contributed by atoms with Gasteiger partial charge in [0.1, 0.15) is 5.82 Å². The standard InChI is InChI=1S/C15H10Cl2FN3S/c1-22-15(20-8-19)21-9-6-11(16)14(12(17)7-9)10-4-2-3-5-13(10)18/h2-7H,1H3,(H,20,21). The van der Waals surface area contributed by atoms with Crippen LogP contribution in [-0.2, 0) is 0 Å². The molecule has 22 heavy (non-hydrogen) atoms. The molecule has 2 aromatic carbocycles. The number of nitriles is 1. The molecule has 0 saturated heterocycles. The zero-order valence-corrected chi connectivity index (χ0v) is 13.7. The fourth-order valence-electron chi connectivity index (χ4n) is 1.86. The molecule has 0 aliphatic carbocycles. The van der Waals surface area contributed by atoms with Crippen LogP contribution in [0.2, 0.25) is 10.0 Å². The van der Waals surface area contributed by atoms with Gasteiger partial charge in [0.2, 0.25) is 6.19 Å². The van der Waals surface area contributed by atoms with Crippen LogP contribution < -0.4 is 5.32 Å². The maximum Gasteiger partial charge on any atom is 0.208 e. The van der Waals surface area contributed by atoms with Crippen molar-refractivity contribution < 1.29 is 4.39 Å². The third-order valence-corrected chi connectivity index (χ3v) is 3.96. The van der Waals surface area contributed by atoms with Gasteiger partial charge in [0, 0.05) is 16.8 Å². The highest BCUT2D eigenvalue weighted by molar-refractivity contribution is 8.13. The quantitative estimate of drug-likeness (QED) is 0.446. The molecule has 0 radical (unpaired) electrons. The van der Waals surface area contributed by atoms with Crippen LogP contribution in [0.25, 0.3) is 11.1 Å². The van der Waals surface area contributed by atoms with E-state index in [9.17, 15) is 4.39 Å². The van der Waals surface area contributed by atoms with Crippen molar-refractivity contribution in [1.82, 2.24) is 0 Å². The molecule has 112 valence electrons. The van der Waals surface area contributed by atoms with Crippen molar-refractivity contribution in [1.29, 1.82) is 5.26 Å². The van der Waals surface area contributed by atoms with Crippen molar-refractivity contribution >= 4 is 45.8 Å². The summed E-state index contributed by atoms with van der Waals surface area (Å²) in [6.45, 7) is 0. The highest BCUT2D eigenvalue weighted by atomic mass is 35.5. The second kappa shape index (κ2) is 7.50. The van der Waals surface area contributed by atoms with Crippen LogP contribution in [0, 0.1) is 17.3 Å².